The Morgan fingerprint density at radius 1 is 0.404 bits per heavy atom. The number of phosphoric ester groups is 2. The van der Waals surface area contributed by atoms with Crippen LogP contribution in [0.25, 0.3) is 0 Å². The van der Waals surface area contributed by atoms with Gasteiger partial charge in [-0.15, -0.1) is 0 Å². The molecule has 0 bridgehead atoms. The van der Waals surface area contributed by atoms with Crippen molar-refractivity contribution in [2.75, 3.05) is 26.4 Å². The molecule has 2 N–H and O–H groups in total. The van der Waals surface area contributed by atoms with Gasteiger partial charge >= 0.3 is 84.1 Å². The van der Waals surface area contributed by atoms with Gasteiger partial charge in [0.25, 0.3) is 0 Å². The maximum Gasteiger partial charge on any atom is 0.472 e. The molecular formula is C38H84O11P2Ti. The fourth-order valence-electron chi connectivity index (χ4n) is 4.74. The molecule has 0 saturated heterocycles. The molecule has 0 heterocycles. The van der Waals surface area contributed by atoms with E-state index in [0.29, 0.717) is 26.4 Å². The number of unbranched alkanes of at least 4 members (excludes halogenated alkanes) is 20. The summed E-state index contributed by atoms with van der Waals surface area (Å²) in [6.45, 7) is 17.4. The molecule has 316 valence electrons. The van der Waals surface area contributed by atoms with Crippen LogP contribution in [0.2, 0.25) is 0 Å². The predicted molar refractivity (Wildman–Crippen MR) is 210 cm³/mol. The van der Waals surface area contributed by atoms with Gasteiger partial charge in [-0.3, -0.25) is 18.1 Å². The largest absolute Gasteiger partial charge is 0.472 e. The Bertz CT molecular complexity index is 727. The third-order valence-corrected chi connectivity index (χ3v) is 11.8. The van der Waals surface area contributed by atoms with E-state index in [0.717, 1.165) is 51.4 Å². The molecule has 0 saturated carbocycles. The summed E-state index contributed by atoms with van der Waals surface area (Å²) in [6, 6.07) is 0. The number of rotatable bonds is 36. The van der Waals surface area contributed by atoms with Gasteiger partial charge in [-0.1, -0.05) is 156 Å². The zero-order valence-corrected chi connectivity index (χ0v) is 38.3. The molecule has 0 amide bonds. The molecule has 14 heteroatoms. The van der Waals surface area contributed by atoms with Crippen LogP contribution in [0.1, 0.15) is 209 Å². The molecule has 0 aromatic carbocycles. The summed E-state index contributed by atoms with van der Waals surface area (Å²) in [5, 5.41) is 0. The van der Waals surface area contributed by atoms with Crippen molar-refractivity contribution in [3.05, 3.63) is 0 Å². The average molecular weight is 827 g/mol. The molecular weight excluding hydrogens is 742 g/mol. The Morgan fingerprint density at radius 3 is 0.788 bits per heavy atom. The quantitative estimate of drug-likeness (QED) is 0.0353. The first-order valence-electron chi connectivity index (χ1n) is 20.9. The normalized spacial score (nSPS) is 11.8. The summed E-state index contributed by atoms with van der Waals surface area (Å²) >= 11 is -2.81. The molecule has 0 atom stereocenters. The summed E-state index contributed by atoms with van der Waals surface area (Å²) in [5.41, 5.74) is 0. The summed E-state index contributed by atoms with van der Waals surface area (Å²) in [4.78, 5) is 19.0. The van der Waals surface area contributed by atoms with Crippen LogP contribution in [0.5, 0.6) is 0 Å². The van der Waals surface area contributed by atoms with Gasteiger partial charge in [0, 0.05) is 0 Å². The van der Waals surface area contributed by atoms with Crippen LogP contribution in [0.4, 0.5) is 0 Å². The Morgan fingerprint density at radius 2 is 0.596 bits per heavy atom. The van der Waals surface area contributed by atoms with Crippen LogP contribution in [0.3, 0.4) is 0 Å². The minimum absolute atomic E-state index is 0.00579. The van der Waals surface area contributed by atoms with E-state index in [4.69, 9.17) is 24.7 Å². The van der Waals surface area contributed by atoms with Gasteiger partial charge in [0.1, 0.15) is 0 Å². The Kier molecular flexibility index (Phi) is 46.9. The van der Waals surface area contributed by atoms with E-state index in [9.17, 15) is 22.2 Å². The van der Waals surface area contributed by atoms with Crippen molar-refractivity contribution in [2.24, 2.45) is 0 Å². The standard InChI is InChI=1S/2C16H35O4P.2C3H7O.O.Ti/c2*1-3-5-7-9-11-13-15-19-21(17,18)20-16-14-12-10-8-6-4-2;2*1-3(2)4;;/h2*3-16H2,1-2H3,(H,17,18);2*3H,1-2H3;;/q;;2*-1;;+2. The van der Waals surface area contributed by atoms with E-state index in [1.165, 1.54) is 103 Å². The maximum atomic E-state index is 11.6. The third-order valence-electron chi connectivity index (χ3n) is 7.67. The van der Waals surface area contributed by atoms with Crippen LogP contribution in [0.15, 0.2) is 0 Å². The molecule has 0 aliphatic carbocycles. The first-order valence-corrected chi connectivity index (χ1v) is 25.8. The molecule has 0 spiro atoms. The molecule has 0 aromatic heterocycles. The van der Waals surface area contributed by atoms with Crippen molar-refractivity contribution in [2.45, 2.75) is 222 Å². The zero-order chi connectivity index (χ0) is 39.8. The van der Waals surface area contributed by atoms with E-state index in [1.807, 2.05) is 27.7 Å². The second kappa shape index (κ2) is 42.8. The molecule has 0 fully saturated rings. The second-order valence-corrected chi connectivity index (χ2v) is 18.3. The van der Waals surface area contributed by atoms with Crippen LogP contribution < -0.4 is 0 Å². The molecule has 0 aromatic rings. The van der Waals surface area contributed by atoms with E-state index in [1.54, 1.807) is 0 Å². The van der Waals surface area contributed by atoms with Gasteiger partial charge in [-0.25, -0.2) is 9.13 Å². The fourth-order valence-corrected chi connectivity index (χ4v) is 7.61. The molecule has 0 aliphatic heterocycles. The summed E-state index contributed by atoms with van der Waals surface area (Å²) in [6.07, 6.45) is 27.2. The molecule has 0 aliphatic rings. The topological polar surface area (TPSA) is 147 Å². The number of hydrogen-bond acceptors (Lipinski definition) is 9. The van der Waals surface area contributed by atoms with Crippen LogP contribution in [0, 0.1) is 0 Å². The van der Waals surface area contributed by atoms with Crippen molar-refractivity contribution in [3.63, 3.8) is 0 Å². The van der Waals surface area contributed by atoms with Crippen molar-refractivity contribution in [3.8, 4) is 0 Å². The minimum atomic E-state index is -3.82. The predicted octanol–water partition coefficient (Wildman–Crippen LogP) is 13.3. The Labute approximate surface area is 328 Å². The first kappa shape index (κ1) is 57.0. The van der Waals surface area contributed by atoms with Gasteiger partial charge in [0.15, 0.2) is 0 Å². The van der Waals surface area contributed by atoms with Crippen LogP contribution >= 0.6 is 15.6 Å². The SMILES string of the molecule is CC(C)[O][Ti](=[O])[O]C(C)C.CCCCCCCCOP(=O)(O)OCCCCCCCC.CCCCCCCCOP(=O)(O)OCCCCCCCC. The molecule has 52 heavy (non-hydrogen) atoms. The molecule has 11 nitrogen and oxygen atoms in total. The Balaban J connectivity index is -0.000000737. The van der Waals surface area contributed by atoms with E-state index >= 15 is 0 Å². The molecule has 0 radical (unpaired) electrons. The van der Waals surface area contributed by atoms with Gasteiger partial charge in [0.05, 0.1) is 26.4 Å². The van der Waals surface area contributed by atoms with E-state index in [2.05, 4.69) is 27.7 Å². The second-order valence-electron chi connectivity index (χ2n) is 13.9. The maximum absolute atomic E-state index is 11.6. The summed E-state index contributed by atoms with van der Waals surface area (Å²) in [7, 11) is -7.63. The number of hydrogen-bond donors (Lipinski definition) is 2. The third kappa shape index (κ3) is 52.8. The van der Waals surface area contributed by atoms with Gasteiger partial charge in [-0.2, -0.15) is 0 Å². The summed E-state index contributed by atoms with van der Waals surface area (Å²) in [5.74, 6) is 0. The average Bonchev–Trinajstić information content (AvgIpc) is 3.06. The zero-order valence-electron chi connectivity index (χ0n) is 34.9. The van der Waals surface area contributed by atoms with Crippen LogP contribution in [-0.2, 0) is 55.8 Å². The van der Waals surface area contributed by atoms with Crippen LogP contribution in [-0.4, -0.2) is 48.4 Å². The van der Waals surface area contributed by atoms with Crippen molar-refractivity contribution in [1.29, 1.82) is 0 Å². The smallest absolute Gasteiger partial charge is 0.302 e. The van der Waals surface area contributed by atoms with Gasteiger partial charge in [-0.05, 0) is 25.7 Å². The van der Waals surface area contributed by atoms with Gasteiger partial charge < -0.3 is 9.79 Å². The van der Waals surface area contributed by atoms with Crippen molar-refractivity contribution < 1.29 is 65.6 Å². The van der Waals surface area contributed by atoms with Crippen molar-refractivity contribution >= 4 is 15.6 Å². The van der Waals surface area contributed by atoms with Crippen molar-refractivity contribution in [1.82, 2.24) is 0 Å². The number of phosphoric acid groups is 2. The monoisotopic (exact) mass is 826 g/mol. The van der Waals surface area contributed by atoms with E-state index in [-0.39, 0.29) is 12.2 Å². The molecule has 0 unspecified atom stereocenters. The van der Waals surface area contributed by atoms with Gasteiger partial charge in [0.2, 0.25) is 0 Å². The molecule has 0 rings (SSSR count). The fraction of sp³-hybridized carbons (Fsp3) is 1.00. The Hall–Kier alpha value is 0.654. The minimum Gasteiger partial charge on any atom is -0.302 e. The first-order chi connectivity index (χ1) is 24.8. The summed E-state index contributed by atoms with van der Waals surface area (Å²) < 4.78 is 63.8. The van der Waals surface area contributed by atoms with E-state index < -0.39 is 34.3 Å².